The van der Waals surface area contributed by atoms with E-state index >= 15 is 0 Å². The van der Waals surface area contributed by atoms with Gasteiger partial charge in [0.2, 0.25) is 0 Å². The van der Waals surface area contributed by atoms with Crippen LogP contribution in [-0.4, -0.2) is 44.2 Å². The van der Waals surface area contributed by atoms with Gasteiger partial charge in [0, 0.05) is 38.4 Å². The second kappa shape index (κ2) is 6.55. The molecule has 112 valence electrons. The monoisotopic (exact) mass is 279 g/mol. The summed E-state index contributed by atoms with van der Waals surface area (Å²) in [4.78, 5) is 4.82. The van der Waals surface area contributed by atoms with Gasteiger partial charge in [-0.15, -0.1) is 0 Å². The Morgan fingerprint density at radius 3 is 2.25 bits per heavy atom. The molecule has 1 aromatic rings. The Kier molecular flexibility index (Phi) is 5.00. The predicted octanol–water partition coefficient (Wildman–Crippen LogP) is 2.32. The second-order valence-electron chi connectivity index (χ2n) is 6.11. The molecule has 1 saturated heterocycles. The molecule has 3 nitrogen and oxygen atoms in total. The van der Waals surface area contributed by atoms with Gasteiger partial charge in [0.1, 0.15) is 5.82 Å². The van der Waals surface area contributed by atoms with Crippen LogP contribution >= 0.6 is 0 Å². The summed E-state index contributed by atoms with van der Waals surface area (Å²) < 4.78 is 12.9. The van der Waals surface area contributed by atoms with E-state index in [-0.39, 0.29) is 11.2 Å². The van der Waals surface area contributed by atoms with Crippen LogP contribution in [0.1, 0.15) is 20.3 Å². The quantitative estimate of drug-likeness (QED) is 0.898. The zero-order valence-corrected chi connectivity index (χ0v) is 12.6. The molecular weight excluding hydrogens is 253 g/mol. The molecule has 1 aliphatic rings. The fourth-order valence-electron chi connectivity index (χ4n) is 2.68. The van der Waals surface area contributed by atoms with E-state index in [1.54, 1.807) is 0 Å². The van der Waals surface area contributed by atoms with Crippen LogP contribution in [0.25, 0.3) is 0 Å². The molecule has 0 aliphatic carbocycles. The lowest BCUT2D eigenvalue weighted by Crippen LogP contribution is -2.50. The molecule has 1 heterocycles. The normalized spacial score (nSPS) is 19.9. The van der Waals surface area contributed by atoms with E-state index in [0.29, 0.717) is 0 Å². The Morgan fingerprint density at radius 2 is 1.75 bits per heavy atom. The van der Waals surface area contributed by atoms with Crippen molar-refractivity contribution in [1.82, 2.24) is 4.90 Å². The van der Waals surface area contributed by atoms with E-state index in [1.807, 2.05) is 12.1 Å². The summed E-state index contributed by atoms with van der Waals surface area (Å²) in [5, 5.41) is 0. The van der Waals surface area contributed by atoms with Gasteiger partial charge in [-0.05, 0) is 42.6 Å². The van der Waals surface area contributed by atoms with E-state index in [2.05, 4.69) is 23.6 Å². The maximum atomic E-state index is 12.9. The highest BCUT2D eigenvalue weighted by atomic mass is 19.1. The average molecular weight is 279 g/mol. The second-order valence-corrected chi connectivity index (χ2v) is 6.11. The van der Waals surface area contributed by atoms with Gasteiger partial charge in [-0.25, -0.2) is 4.39 Å². The number of nitrogens with zero attached hydrogens (tertiary/aromatic N) is 2. The van der Waals surface area contributed by atoms with Crippen molar-refractivity contribution < 1.29 is 4.39 Å². The van der Waals surface area contributed by atoms with E-state index in [9.17, 15) is 4.39 Å². The minimum atomic E-state index is -0.172. The van der Waals surface area contributed by atoms with E-state index < -0.39 is 0 Å². The Morgan fingerprint density at radius 1 is 1.15 bits per heavy atom. The molecule has 2 rings (SSSR count). The maximum Gasteiger partial charge on any atom is 0.123 e. The molecule has 0 saturated carbocycles. The largest absolute Gasteiger partial charge is 0.369 e. The fraction of sp³-hybridized carbons (Fsp3) is 0.625. The molecule has 4 heteroatoms. The first kappa shape index (κ1) is 15.3. The van der Waals surface area contributed by atoms with Crippen LogP contribution in [0.15, 0.2) is 24.3 Å². The van der Waals surface area contributed by atoms with Gasteiger partial charge >= 0.3 is 0 Å². The molecular formula is C16H26FN3. The molecule has 1 fully saturated rings. The lowest BCUT2D eigenvalue weighted by atomic mass is 9.87. The van der Waals surface area contributed by atoms with Crippen molar-refractivity contribution in [3.05, 3.63) is 30.1 Å². The highest BCUT2D eigenvalue weighted by molar-refractivity contribution is 5.46. The highest BCUT2D eigenvalue weighted by Gasteiger charge is 2.26. The van der Waals surface area contributed by atoms with Crippen molar-refractivity contribution >= 4 is 5.69 Å². The molecule has 0 radical (unpaired) electrons. The first-order valence-electron chi connectivity index (χ1n) is 7.49. The van der Waals surface area contributed by atoms with E-state index in [0.717, 1.165) is 51.4 Å². The third-order valence-electron chi connectivity index (χ3n) is 4.52. The lowest BCUT2D eigenvalue weighted by molar-refractivity contribution is 0.157. The Balaban J connectivity index is 1.87. The van der Waals surface area contributed by atoms with Crippen molar-refractivity contribution in [1.29, 1.82) is 0 Å². The molecule has 20 heavy (non-hydrogen) atoms. The zero-order valence-electron chi connectivity index (χ0n) is 12.6. The molecule has 0 amide bonds. The number of hydrogen-bond acceptors (Lipinski definition) is 3. The number of halogens is 1. The van der Waals surface area contributed by atoms with Gasteiger partial charge in [-0.3, -0.25) is 4.90 Å². The zero-order chi connectivity index (χ0) is 14.6. The number of nitrogens with two attached hydrogens (primary N) is 1. The molecule has 0 aromatic heterocycles. The average Bonchev–Trinajstić information content (AvgIpc) is 2.49. The first-order chi connectivity index (χ1) is 9.56. The molecule has 0 spiro atoms. The summed E-state index contributed by atoms with van der Waals surface area (Å²) in [5.74, 6) is -0.172. The van der Waals surface area contributed by atoms with Gasteiger partial charge < -0.3 is 10.6 Å². The molecule has 2 N–H and O–H groups in total. The summed E-state index contributed by atoms with van der Waals surface area (Å²) >= 11 is 0. The van der Waals surface area contributed by atoms with Gasteiger partial charge in [-0.1, -0.05) is 13.8 Å². The predicted molar refractivity (Wildman–Crippen MR) is 82.5 cm³/mol. The molecule has 1 aliphatic heterocycles. The maximum absolute atomic E-state index is 12.9. The first-order valence-corrected chi connectivity index (χ1v) is 7.49. The van der Waals surface area contributed by atoms with Crippen LogP contribution in [0.3, 0.4) is 0 Å². The van der Waals surface area contributed by atoms with E-state index in [4.69, 9.17) is 5.73 Å². The van der Waals surface area contributed by atoms with Crippen LogP contribution in [0.2, 0.25) is 0 Å². The van der Waals surface area contributed by atoms with Crippen LogP contribution in [-0.2, 0) is 0 Å². The highest BCUT2D eigenvalue weighted by Crippen LogP contribution is 2.23. The van der Waals surface area contributed by atoms with Crippen molar-refractivity contribution in [3.63, 3.8) is 0 Å². The number of hydrogen-bond donors (Lipinski definition) is 1. The fourth-order valence-corrected chi connectivity index (χ4v) is 2.68. The standard InChI is InChI=1S/C16H26FN3/c1-3-16(2,12-18)13-19-8-10-20(11-9-19)15-6-4-14(17)5-7-15/h4-7H,3,8-13,18H2,1-2H3. The van der Waals surface area contributed by atoms with Gasteiger partial charge in [0.05, 0.1) is 0 Å². The van der Waals surface area contributed by atoms with Gasteiger partial charge in [0.25, 0.3) is 0 Å². The molecule has 1 atom stereocenters. The smallest absolute Gasteiger partial charge is 0.123 e. The topological polar surface area (TPSA) is 32.5 Å². The third kappa shape index (κ3) is 3.70. The van der Waals surface area contributed by atoms with Crippen LogP contribution in [0.5, 0.6) is 0 Å². The van der Waals surface area contributed by atoms with E-state index in [1.165, 1.54) is 12.1 Å². The lowest BCUT2D eigenvalue weighted by Gasteiger charge is -2.40. The molecule has 0 bridgehead atoms. The Labute approximate surface area is 121 Å². The minimum Gasteiger partial charge on any atom is -0.369 e. The Hall–Kier alpha value is -1.13. The van der Waals surface area contributed by atoms with Crippen LogP contribution < -0.4 is 10.6 Å². The number of benzene rings is 1. The van der Waals surface area contributed by atoms with Crippen molar-refractivity contribution in [2.24, 2.45) is 11.1 Å². The summed E-state index contributed by atoms with van der Waals surface area (Å²) in [5.41, 5.74) is 7.23. The summed E-state index contributed by atoms with van der Waals surface area (Å²) in [6, 6.07) is 6.79. The Bertz CT molecular complexity index is 406. The number of rotatable bonds is 5. The summed E-state index contributed by atoms with van der Waals surface area (Å²) in [7, 11) is 0. The van der Waals surface area contributed by atoms with Gasteiger partial charge in [-0.2, -0.15) is 0 Å². The minimum absolute atomic E-state index is 0.172. The summed E-state index contributed by atoms with van der Waals surface area (Å²) in [6.45, 7) is 10.4. The number of anilines is 1. The molecule has 1 unspecified atom stereocenters. The third-order valence-corrected chi connectivity index (χ3v) is 4.52. The van der Waals surface area contributed by atoms with Crippen molar-refractivity contribution in [2.45, 2.75) is 20.3 Å². The van der Waals surface area contributed by atoms with Crippen LogP contribution in [0.4, 0.5) is 10.1 Å². The van der Waals surface area contributed by atoms with Crippen molar-refractivity contribution in [3.8, 4) is 0 Å². The van der Waals surface area contributed by atoms with Gasteiger partial charge in [0.15, 0.2) is 0 Å². The van der Waals surface area contributed by atoms with Crippen molar-refractivity contribution in [2.75, 3.05) is 44.2 Å². The summed E-state index contributed by atoms with van der Waals surface area (Å²) in [6.07, 6.45) is 1.11. The molecule has 1 aromatic carbocycles. The SMILES string of the molecule is CCC(C)(CN)CN1CCN(c2ccc(F)cc2)CC1. The number of piperazine rings is 1. The van der Waals surface area contributed by atoms with Crippen LogP contribution in [0, 0.1) is 11.2 Å².